The first-order chi connectivity index (χ1) is 7.97. The molecule has 2 rings (SSSR count). The predicted octanol–water partition coefficient (Wildman–Crippen LogP) is 2.25. The summed E-state index contributed by atoms with van der Waals surface area (Å²) in [6.07, 6.45) is 0. The van der Waals surface area contributed by atoms with Crippen molar-refractivity contribution in [2.24, 2.45) is 0 Å². The number of benzene rings is 1. The fraction of sp³-hybridized carbons (Fsp3) is 0.0909. The molecule has 0 atom stereocenters. The van der Waals surface area contributed by atoms with Gasteiger partial charge in [-0.1, -0.05) is 27.5 Å². The van der Waals surface area contributed by atoms with Crippen LogP contribution in [0, 0.1) is 6.92 Å². The Morgan fingerprint density at radius 3 is 2.53 bits per heavy atom. The Kier molecular flexibility index (Phi) is 3.22. The summed E-state index contributed by atoms with van der Waals surface area (Å²) >= 11 is 8.91. The van der Waals surface area contributed by atoms with Gasteiger partial charge in [0.15, 0.2) is 0 Å². The summed E-state index contributed by atoms with van der Waals surface area (Å²) in [5, 5.41) is 0.0305. The van der Waals surface area contributed by atoms with Crippen molar-refractivity contribution in [2.75, 3.05) is 0 Å². The molecule has 88 valence electrons. The van der Waals surface area contributed by atoms with E-state index in [1.807, 2.05) is 13.0 Å². The molecule has 0 aliphatic carbocycles. The average Bonchev–Trinajstić information content (AvgIpc) is 2.13. The largest absolute Gasteiger partial charge is 0.334 e. The van der Waals surface area contributed by atoms with Crippen LogP contribution in [-0.2, 0) is 0 Å². The van der Waals surface area contributed by atoms with Gasteiger partial charge in [-0.3, -0.25) is 9.78 Å². The number of nitrogens with zero attached hydrogens (tertiary/aromatic N) is 1. The zero-order valence-electron chi connectivity index (χ0n) is 8.83. The molecule has 1 aromatic heterocycles. The maximum absolute atomic E-state index is 11.7. The van der Waals surface area contributed by atoms with Crippen molar-refractivity contribution in [3.8, 4) is 5.69 Å². The SMILES string of the molecule is Cc1cc(Br)cc(-n2c(=O)cc(Cl)[nH]c2=O)c1. The van der Waals surface area contributed by atoms with Crippen LogP contribution in [0.2, 0.25) is 5.15 Å². The van der Waals surface area contributed by atoms with E-state index in [1.54, 1.807) is 12.1 Å². The van der Waals surface area contributed by atoms with E-state index in [0.717, 1.165) is 14.6 Å². The summed E-state index contributed by atoms with van der Waals surface area (Å²) in [7, 11) is 0. The molecule has 6 heteroatoms. The Labute approximate surface area is 110 Å². The lowest BCUT2D eigenvalue weighted by Gasteiger charge is -2.06. The van der Waals surface area contributed by atoms with Crippen molar-refractivity contribution in [3.63, 3.8) is 0 Å². The molecule has 1 N–H and O–H groups in total. The summed E-state index contributed by atoms with van der Waals surface area (Å²) in [4.78, 5) is 25.8. The van der Waals surface area contributed by atoms with Crippen LogP contribution in [0.25, 0.3) is 5.69 Å². The standard InChI is InChI=1S/C11H8BrClN2O2/c1-6-2-7(12)4-8(3-6)15-10(16)5-9(13)14-11(15)17/h2-5H,1H3,(H,14,17). The lowest BCUT2D eigenvalue weighted by molar-refractivity contribution is 0.874. The molecule has 0 amide bonds. The van der Waals surface area contributed by atoms with Crippen molar-refractivity contribution < 1.29 is 0 Å². The molecule has 17 heavy (non-hydrogen) atoms. The number of hydrogen-bond donors (Lipinski definition) is 1. The van der Waals surface area contributed by atoms with Crippen LogP contribution in [0.1, 0.15) is 5.56 Å². The maximum atomic E-state index is 11.7. The third-order valence-electron chi connectivity index (χ3n) is 2.19. The first kappa shape index (κ1) is 12.1. The normalized spacial score (nSPS) is 10.5. The van der Waals surface area contributed by atoms with Crippen LogP contribution in [-0.4, -0.2) is 9.55 Å². The fourth-order valence-electron chi connectivity index (χ4n) is 1.56. The van der Waals surface area contributed by atoms with Crippen molar-refractivity contribution >= 4 is 27.5 Å². The van der Waals surface area contributed by atoms with Crippen LogP contribution < -0.4 is 11.2 Å². The molecular formula is C11H8BrClN2O2. The fourth-order valence-corrected chi connectivity index (χ4v) is 2.33. The maximum Gasteiger partial charge on any atom is 0.334 e. The zero-order valence-corrected chi connectivity index (χ0v) is 11.2. The van der Waals surface area contributed by atoms with Crippen molar-refractivity contribution in [1.29, 1.82) is 0 Å². The summed E-state index contributed by atoms with van der Waals surface area (Å²) in [5.74, 6) is 0. The Hall–Kier alpha value is -1.33. The van der Waals surface area contributed by atoms with E-state index in [2.05, 4.69) is 20.9 Å². The minimum Gasteiger partial charge on any atom is -0.297 e. The van der Waals surface area contributed by atoms with Gasteiger partial charge in [0.2, 0.25) is 0 Å². The second kappa shape index (κ2) is 4.50. The van der Waals surface area contributed by atoms with E-state index in [4.69, 9.17) is 11.6 Å². The first-order valence-electron chi connectivity index (χ1n) is 4.77. The smallest absolute Gasteiger partial charge is 0.297 e. The molecule has 2 aromatic rings. The van der Waals surface area contributed by atoms with Crippen LogP contribution >= 0.6 is 27.5 Å². The summed E-state index contributed by atoms with van der Waals surface area (Å²) < 4.78 is 1.83. The number of nitrogens with one attached hydrogen (secondary N) is 1. The Bertz CT molecular complexity index is 639. The lowest BCUT2D eigenvalue weighted by Crippen LogP contribution is -2.32. The third-order valence-corrected chi connectivity index (χ3v) is 2.85. The van der Waals surface area contributed by atoms with E-state index >= 15 is 0 Å². The van der Waals surface area contributed by atoms with Gasteiger partial charge >= 0.3 is 5.69 Å². The lowest BCUT2D eigenvalue weighted by atomic mass is 10.2. The highest BCUT2D eigenvalue weighted by molar-refractivity contribution is 9.10. The van der Waals surface area contributed by atoms with E-state index in [0.29, 0.717) is 5.69 Å². The highest BCUT2D eigenvalue weighted by atomic mass is 79.9. The molecule has 0 fully saturated rings. The topological polar surface area (TPSA) is 54.9 Å². The van der Waals surface area contributed by atoms with Gasteiger partial charge in [0.1, 0.15) is 5.15 Å². The molecule has 0 unspecified atom stereocenters. The molecular weight excluding hydrogens is 307 g/mol. The van der Waals surface area contributed by atoms with Crippen molar-refractivity contribution in [3.05, 3.63) is 60.3 Å². The Morgan fingerprint density at radius 1 is 1.24 bits per heavy atom. The van der Waals surface area contributed by atoms with Gasteiger partial charge in [-0.15, -0.1) is 0 Å². The molecule has 1 aromatic carbocycles. The molecule has 1 heterocycles. The van der Waals surface area contributed by atoms with Crippen LogP contribution in [0.4, 0.5) is 0 Å². The summed E-state index contributed by atoms with van der Waals surface area (Å²) in [6, 6.07) is 6.49. The van der Waals surface area contributed by atoms with Crippen LogP contribution in [0.5, 0.6) is 0 Å². The van der Waals surface area contributed by atoms with E-state index in [9.17, 15) is 9.59 Å². The van der Waals surface area contributed by atoms with Gasteiger partial charge in [0.25, 0.3) is 5.56 Å². The molecule has 0 aliphatic rings. The number of aryl methyl sites for hydroxylation is 1. The number of halogens is 2. The number of aromatic nitrogens is 2. The number of rotatable bonds is 1. The monoisotopic (exact) mass is 314 g/mol. The van der Waals surface area contributed by atoms with Gasteiger partial charge < -0.3 is 0 Å². The molecule has 4 nitrogen and oxygen atoms in total. The molecule has 0 bridgehead atoms. The predicted molar refractivity (Wildman–Crippen MR) is 70.1 cm³/mol. The van der Waals surface area contributed by atoms with E-state index < -0.39 is 11.2 Å². The third kappa shape index (κ3) is 2.50. The Morgan fingerprint density at radius 2 is 1.94 bits per heavy atom. The average molecular weight is 316 g/mol. The number of H-pyrrole nitrogens is 1. The number of aromatic amines is 1. The summed E-state index contributed by atoms with van der Waals surface area (Å²) in [5.41, 5.74) is 0.423. The molecule has 0 saturated heterocycles. The molecule has 0 radical (unpaired) electrons. The zero-order chi connectivity index (χ0) is 12.6. The van der Waals surface area contributed by atoms with Gasteiger partial charge in [0, 0.05) is 10.5 Å². The highest BCUT2D eigenvalue weighted by Gasteiger charge is 2.06. The second-order valence-corrected chi connectivity index (χ2v) is 4.91. The van der Waals surface area contributed by atoms with Crippen LogP contribution in [0.15, 0.2) is 38.3 Å². The van der Waals surface area contributed by atoms with Gasteiger partial charge in [-0.25, -0.2) is 9.36 Å². The van der Waals surface area contributed by atoms with E-state index in [1.165, 1.54) is 6.07 Å². The van der Waals surface area contributed by atoms with Gasteiger partial charge in [-0.2, -0.15) is 0 Å². The van der Waals surface area contributed by atoms with Crippen LogP contribution in [0.3, 0.4) is 0 Å². The first-order valence-corrected chi connectivity index (χ1v) is 5.94. The minimum atomic E-state index is -0.556. The molecule has 0 saturated carbocycles. The van der Waals surface area contributed by atoms with E-state index in [-0.39, 0.29) is 5.15 Å². The quantitative estimate of drug-likeness (QED) is 0.821. The molecule has 0 spiro atoms. The second-order valence-electron chi connectivity index (χ2n) is 3.58. The molecule has 0 aliphatic heterocycles. The number of hydrogen-bond acceptors (Lipinski definition) is 2. The van der Waals surface area contributed by atoms with Crippen molar-refractivity contribution in [1.82, 2.24) is 9.55 Å². The minimum absolute atomic E-state index is 0.0305. The van der Waals surface area contributed by atoms with Gasteiger partial charge in [-0.05, 0) is 30.7 Å². The van der Waals surface area contributed by atoms with Gasteiger partial charge in [0.05, 0.1) is 5.69 Å². The highest BCUT2D eigenvalue weighted by Crippen LogP contribution is 2.16. The Balaban J connectivity index is 2.77. The van der Waals surface area contributed by atoms with Crippen molar-refractivity contribution in [2.45, 2.75) is 6.92 Å². The summed E-state index contributed by atoms with van der Waals surface area (Å²) in [6.45, 7) is 1.88.